The van der Waals surface area contributed by atoms with Crippen molar-refractivity contribution in [2.24, 2.45) is 0 Å². The summed E-state index contributed by atoms with van der Waals surface area (Å²) >= 11 is 13.1. The molecule has 2 nitrogen and oxygen atoms in total. The number of hydrogen-bond acceptors (Lipinski definition) is 2. The smallest absolute Gasteiger partial charge is 0.234 e. The number of amides is 1. The topological polar surface area (TPSA) is 29.1 Å². The zero-order valence-electron chi connectivity index (χ0n) is 10.5. The van der Waals surface area contributed by atoms with E-state index in [1.807, 2.05) is 0 Å². The number of carbonyl (C=O) groups is 1. The highest BCUT2D eigenvalue weighted by molar-refractivity contribution is 8.00. The van der Waals surface area contributed by atoms with E-state index in [-0.39, 0.29) is 11.4 Å². The van der Waals surface area contributed by atoms with Crippen molar-refractivity contribution in [2.75, 3.05) is 11.1 Å². The fourth-order valence-corrected chi connectivity index (χ4v) is 3.02. The van der Waals surface area contributed by atoms with Crippen LogP contribution in [-0.2, 0) is 4.79 Å². The second-order valence-electron chi connectivity index (χ2n) is 4.01. The Morgan fingerprint density at radius 1 is 1.14 bits per heavy atom. The normalized spacial score (nSPS) is 10.5. The van der Waals surface area contributed by atoms with Crippen molar-refractivity contribution < 1.29 is 13.6 Å². The molecule has 2 aromatic rings. The van der Waals surface area contributed by atoms with Gasteiger partial charge in [0.25, 0.3) is 0 Å². The molecule has 0 aliphatic rings. The van der Waals surface area contributed by atoms with Crippen LogP contribution in [0, 0.1) is 11.6 Å². The van der Waals surface area contributed by atoms with Gasteiger partial charge in [0.2, 0.25) is 5.91 Å². The largest absolute Gasteiger partial charge is 0.323 e. The number of carbonyl (C=O) groups excluding carboxylic acids is 1. The molecule has 0 bridgehead atoms. The molecule has 0 radical (unpaired) electrons. The van der Waals surface area contributed by atoms with Crippen LogP contribution in [0.25, 0.3) is 0 Å². The zero-order valence-corrected chi connectivity index (χ0v) is 12.8. The Morgan fingerprint density at radius 2 is 1.81 bits per heavy atom. The third-order valence-corrected chi connectivity index (χ3v) is 4.46. The van der Waals surface area contributed by atoms with E-state index in [0.29, 0.717) is 21.0 Å². The molecule has 2 rings (SSSR count). The summed E-state index contributed by atoms with van der Waals surface area (Å²) in [5, 5.41) is 3.24. The summed E-state index contributed by atoms with van der Waals surface area (Å²) in [6, 6.07) is 7.95. The monoisotopic (exact) mass is 347 g/mol. The molecule has 0 saturated heterocycles. The van der Waals surface area contributed by atoms with Crippen LogP contribution in [0.5, 0.6) is 0 Å². The van der Waals surface area contributed by atoms with Crippen LogP contribution >= 0.6 is 35.0 Å². The highest BCUT2D eigenvalue weighted by Crippen LogP contribution is 2.33. The summed E-state index contributed by atoms with van der Waals surface area (Å²) in [6.07, 6.45) is 0. The van der Waals surface area contributed by atoms with Crippen LogP contribution in [0.15, 0.2) is 41.3 Å². The lowest BCUT2D eigenvalue weighted by atomic mass is 10.3. The Labute approximate surface area is 134 Å². The number of benzene rings is 2. The first-order valence-electron chi connectivity index (χ1n) is 5.79. The maximum absolute atomic E-state index is 13.4. The Hall–Kier alpha value is -1.30. The average Bonchev–Trinajstić information content (AvgIpc) is 2.41. The summed E-state index contributed by atoms with van der Waals surface area (Å²) in [4.78, 5) is 12.3. The second kappa shape index (κ2) is 7.11. The molecular formula is C14H9Cl2F2NOS. The van der Waals surface area contributed by atoms with Crippen molar-refractivity contribution in [3.8, 4) is 0 Å². The van der Waals surface area contributed by atoms with Crippen LogP contribution in [0.2, 0.25) is 10.0 Å². The third-order valence-electron chi connectivity index (χ3n) is 2.47. The van der Waals surface area contributed by atoms with Crippen molar-refractivity contribution >= 4 is 46.6 Å². The molecule has 0 aromatic heterocycles. The summed E-state index contributed by atoms with van der Waals surface area (Å²) in [7, 11) is 0. The molecule has 1 amide bonds. The first-order valence-corrected chi connectivity index (χ1v) is 7.53. The van der Waals surface area contributed by atoms with E-state index in [1.165, 1.54) is 0 Å². The molecule has 0 spiro atoms. The molecule has 0 fully saturated rings. The fourth-order valence-electron chi connectivity index (χ4n) is 1.54. The number of rotatable bonds is 4. The lowest BCUT2D eigenvalue weighted by molar-refractivity contribution is -0.113. The molecule has 7 heteroatoms. The molecule has 0 heterocycles. The number of hydrogen-bond donors (Lipinski definition) is 1. The third kappa shape index (κ3) is 4.33. The van der Waals surface area contributed by atoms with Crippen molar-refractivity contribution in [3.63, 3.8) is 0 Å². The molecule has 110 valence electrons. The van der Waals surface area contributed by atoms with Crippen molar-refractivity contribution in [2.45, 2.75) is 4.90 Å². The SMILES string of the molecule is O=C(CSc1c(Cl)cccc1Cl)Nc1ccc(F)cc1F. The quantitative estimate of drug-likeness (QED) is 0.788. The highest BCUT2D eigenvalue weighted by Gasteiger charge is 2.11. The van der Waals surface area contributed by atoms with Crippen LogP contribution in [0.4, 0.5) is 14.5 Å². The minimum absolute atomic E-state index is 0.000268. The number of thioether (sulfide) groups is 1. The Bertz CT molecular complexity index is 662. The van der Waals surface area contributed by atoms with Crippen LogP contribution in [0.3, 0.4) is 0 Å². The maximum atomic E-state index is 13.4. The average molecular weight is 348 g/mol. The molecule has 0 unspecified atom stereocenters. The van der Waals surface area contributed by atoms with Gasteiger partial charge in [0.1, 0.15) is 11.6 Å². The molecule has 0 aliphatic carbocycles. The van der Waals surface area contributed by atoms with E-state index in [1.54, 1.807) is 18.2 Å². The predicted octanol–water partition coefficient (Wildman–Crippen LogP) is 5.00. The van der Waals surface area contributed by atoms with Crippen molar-refractivity contribution in [3.05, 3.63) is 58.1 Å². The van der Waals surface area contributed by atoms with Gasteiger partial charge in [-0.25, -0.2) is 8.78 Å². The van der Waals surface area contributed by atoms with Gasteiger partial charge in [-0.1, -0.05) is 29.3 Å². The van der Waals surface area contributed by atoms with Gasteiger partial charge < -0.3 is 5.32 Å². The highest BCUT2D eigenvalue weighted by atomic mass is 35.5. The second-order valence-corrected chi connectivity index (χ2v) is 5.81. The molecule has 0 atom stereocenters. The van der Waals surface area contributed by atoms with Gasteiger partial charge in [-0.05, 0) is 24.3 Å². The predicted molar refractivity (Wildman–Crippen MR) is 82.2 cm³/mol. The van der Waals surface area contributed by atoms with Crippen LogP contribution < -0.4 is 5.32 Å². The van der Waals surface area contributed by atoms with E-state index in [2.05, 4.69) is 5.32 Å². The molecule has 2 aromatic carbocycles. The van der Waals surface area contributed by atoms with Crippen molar-refractivity contribution in [1.29, 1.82) is 0 Å². The van der Waals surface area contributed by atoms with Gasteiger partial charge in [0, 0.05) is 11.0 Å². The minimum Gasteiger partial charge on any atom is -0.323 e. The maximum Gasteiger partial charge on any atom is 0.234 e. The lowest BCUT2D eigenvalue weighted by Crippen LogP contribution is -2.15. The standard InChI is InChI=1S/C14H9Cl2F2NOS/c15-9-2-1-3-10(16)14(9)21-7-13(20)19-12-5-4-8(17)6-11(12)18/h1-6H,7H2,(H,19,20). The molecule has 0 saturated carbocycles. The van der Waals surface area contributed by atoms with Gasteiger partial charge in [-0.15, -0.1) is 11.8 Å². The van der Waals surface area contributed by atoms with Gasteiger partial charge in [-0.2, -0.15) is 0 Å². The summed E-state index contributed by atoms with van der Waals surface area (Å²) in [5.74, 6) is -1.98. The lowest BCUT2D eigenvalue weighted by Gasteiger charge is -2.08. The van der Waals surface area contributed by atoms with E-state index in [0.717, 1.165) is 23.9 Å². The fraction of sp³-hybridized carbons (Fsp3) is 0.0714. The van der Waals surface area contributed by atoms with E-state index in [4.69, 9.17) is 23.2 Å². The van der Waals surface area contributed by atoms with Crippen molar-refractivity contribution in [1.82, 2.24) is 0 Å². The molecule has 1 N–H and O–H groups in total. The van der Waals surface area contributed by atoms with Gasteiger partial charge in [-0.3, -0.25) is 4.79 Å². The summed E-state index contributed by atoms with van der Waals surface area (Å²) in [6.45, 7) is 0. The van der Waals surface area contributed by atoms with Crippen LogP contribution in [-0.4, -0.2) is 11.7 Å². The summed E-state index contributed by atoms with van der Waals surface area (Å²) in [5.41, 5.74) is -0.0766. The first kappa shape index (κ1) is 16.1. The van der Waals surface area contributed by atoms with Gasteiger partial charge in [0.05, 0.1) is 21.5 Å². The molecule has 0 aliphatic heterocycles. The minimum atomic E-state index is -0.830. The Balaban J connectivity index is 1.99. The zero-order chi connectivity index (χ0) is 15.4. The Morgan fingerprint density at radius 3 is 2.43 bits per heavy atom. The number of anilines is 1. The van der Waals surface area contributed by atoms with E-state index >= 15 is 0 Å². The number of nitrogens with one attached hydrogen (secondary N) is 1. The molecular weight excluding hydrogens is 339 g/mol. The summed E-state index contributed by atoms with van der Waals surface area (Å²) < 4.78 is 26.2. The van der Waals surface area contributed by atoms with E-state index in [9.17, 15) is 13.6 Å². The van der Waals surface area contributed by atoms with Gasteiger partial charge in [0.15, 0.2) is 0 Å². The number of halogens is 4. The van der Waals surface area contributed by atoms with E-state index < -0.39 is 17.5 Å². The Kier molecular flexibility index (Phi) is 5.45. The molecule has 21 heavy (non-hydrogen) atoms. The van der Waals surface area contributed by atoms with Gasteiger partial charge >= 0.3 is 0 Å². The van der Waals surface area contributed by atoms with Crippen LogP contribution in [0.1, 0.15) is 0 Å². The first-order chi connectivity index (χ1) is 9.97.